The summed E-state index contributed by atoms with van der Waals surface area (Å²) < 4.78 is 0. The average molecular weight is 229 g/mol. The van der Waals surface area contributed by atoms with E-state index in [0.717, 1.165) is 19.5 Å². The second kappa shape index (κ2) is 5.69. The van der Waals surface area contributed by atoms with Gasteiger partial charge in [0.2, 0.25) is 0 Å². The van der Waals surface area contributed by atoms with Gasteiger partial charge in [-0.05, 0) is 26.4 Å². The van der Waals surface area contributed by atoms with Crippen LogP contribution in [-0.2, 0) is 4.79 Å². The normalized spacial score (nSPS) is 22.8. The van der Waals surface area contributed by atoms with Crippen LogP contribution in [0.3, 0.4) is 0 Å². The van der Waals surface area contributed by atoms with Gasteiger partial charge in [-0.3, -0.25) is 0 Å². The predicted molar refractivity (Wildman–Crippen MR) is 59.3 cm³/mol. The van der Waals surface area contributed by atoms with E-state index in [1.807, 2.05) is 7.05 Å². The molecule has 0 saturated carbocycles. The molecule has 0 bridgehead atoms. The Bertz CT molecular complexity index is 270. The van der Waals surface area contributed by atoms with Gasteiger partial charge < -0.3 is 20.6 Å². The molecule has 1 rings (SSSR count). The van der Waals surface area contributed by atoms with Crippen molar-refractivity contribution >= 4 is 12.0 Å². The fraction of sp³-hybridized carbons (Fsp3) is 0.800. The Balaban J connectivity index is 2.32. The van der Waals surface area contributed by atoms with E-state index in [1.54, 1.807) is 6.92 Å². The molecule has 2 amide bonds. The lowest BCUT2D eigenvalue weighted by atomic mass is 10.2. The third-order valence-corrected chi connectivity index (χ3v) is 2.74. The Hall–Kier alpha value is -1.30. The molecule has 16 heavy (non-hydrogen) atoms. The van der Waals surface area contributed by atoms with E-state index in [1.165, 1.54) is 0 Å². The van der Waals surface area contributed by atoms with Gasteiger partial charge in [-0.1, -0.05) is 6.92 Å². The second-order valence-electron chi connectivity index (χ2n) is 4.16. The Labute approximate surface area is 95.0 Å². The first-order chi connectivity index (χ1) is 7.52. The summed E-state index contributed by atoms with van der Waals surface area (Å²) in [6.07, 6.45) is 1.29. The number of carbonyl (C=O) groups is 2. The number of hydrogen-bond acceptors (Lipinski definition) is 3. The molecule has 1 saturated heterocycles. The SMILES string of the molecule is CC[C@@H](NC(=O)NC1CCN(C)C1)C(=O)O. The zero-order valence-corrected chi connectivity index (χ0v) is 9.69. The van der Waals surface area contributed by atoms with Gasteiger partial charge in [0.05, 0.1) is 0 Å². The largest absolute Gasteiger partial charge is 0.480 e. The van der Waals surface area contributed by atoms with E-state index in [-0.39, 0.29) is 6.04 Å². The number of carboxylic acid groups (broad SMARTS) is 1. The molecule has 0 radical (unpaired) electrons. The number of rotatable bonds is 4. The number of hydrogen-bond donors (Lipinski definition) is 3. The van der Waals surface area contributed by atoms with Crippen LogP contribution < -0.4 is 10.6 Å². The van der Waals surface area contributed by atoms with Gasteiger partial charge >= 0.3 is 12.0 Å². The summed E-state index contributed by atoms with van der Waals surface area (Å²) in [7, 11) is 1.99. The first kappa shape index (κ1) is 12.8. The summed E-state index contributed by atoms with van der Waals surface area (Å²) in [5.41, 5.74) is 0. The minimum Gasteiger partial charge on any atom is -0.480 e. The molecule has 1 unspecified atom stereocenters. The molecule has 3 N–H and O–H groups in total. The van der Waals surface area contributed by atoms with Crippen molar-refractivity contribution in [2.75, 3.05) is 20.1 Å². The molecule has 1 aliphatic rings. The van der Waals surface area contributed by atoms with Crippen LogP contribution in [0.1, 0.15) is 19.8 Å². The summed E-state index contributed by atoms with van der Waals surface area (Å²) in [5, 5.41) is 14.0. The van der Waals surface area contributed by atoms with Crippen molar-refractivity contribution in [1.29, 1.82) is 0 Å². The molecule has 0 aromatic heterocycles. The third-order valence-electron chi connectivity index (χ3n) is 2.74. The Kier molecular flexibility index (Phi) is 4.54. The maximum absolute atomic E-state index is 11.5. The van der Waals surface area contributed by atoms with Crippen molar-refractivity contribution in [3.8, 4) is 0 Å². The summed E-state index contributed by atoms with van der Waals surface area (Å²) in [5.74, 6) is -0.999. The van der Waals surface area contributed by atoms with Crippen molar-refractivity contribution in [3.63, 3.8) is 0 Å². The molecule has 92 valence electrons. The van der Waals surface area contributed by atoms with Crippen LogP contribution in [-0.4, -0.2) is 54.2 Å². The highest BCUT2D eigenvalue weighted by atomic mass is 16.4. The summed E-state index contributed by atoms with van der Waals surface area (Å²) in [4.78, 5) is 24.3. The van der Waals surface area contributed by atoms with Gasteiger partial charge in [0, 0.05) is 12.6 Å². The summed E-state index contributed by atoms with van der Waals surface area (Å²) in [6, 6.07) is -1.08. The van der Waals surface area contributed by atoms with Gasteiger partial charge in [0.25, 0.3) is 0 Å². The van der Waals surface area contributed by atoms with E-state index in [4.69, 9.17) is 5.11 Å². The first-order valence-corrected chi connectivity index (χ1v) is 5.51. The molecule has 0 spiro atoms. The molecular weight excluding hydrogens is 210 g/mol. The van der Waals surface area contributed by atoms with E-state index >= 15 is 0 Å². The van der Waals surface area contributed by atoms with Crippen LogP contribution >= 0.6 is 0 Å². The predicted octanol–water partition coefficient (Wildman–Crippen LogP) is -0.147. The van der Waals surface area contributed by atoms with Crippen LogP contribution in [0.25, 0.3) is 0 Å². The molecule has 1 aliphatic heterocycles. The number of carbonyl (C=O) groups excluding carboxylic acids is 1. The number of amides is 2. The Morgan fingerprint density at radius 3 is 2.69 bits per heavy atom. The van der Waals surface area contributed by atoms with Crippen LogP contribution in [0.4, 0.5) is 4.79 Å². The zero-order chi connectivity index (χ0) is 12.1. The number of likely N-dealkylation sites (N-methyl/N-ethyl adjacent to an activating group) is 1. The molecule has 0 aromatic carbocycles. The number of nitrogens with one attached hydrogen (secondary N) is 2. The number of aliphatic carboxylic acids is 1. The van der Waals surface area contributed by atoms with Crippen LogP contribution in [0.5, 0.6) is 0 Å². The molecule has 1 heterocycles. The number of likely N-dealkylation sites (tertiary alicyclic amines) is 1. The van der Waals surface area contributed by atoms with Gasteiger partial charge in [-0.15, -0.1) is 0 Å². The number of carboxylic acids is 1. The molecule has 6 heteroatoms. The Morgan fingerprint density at radius 2 is 2.25 bits per heavy atom. The van der Waals surface area contributed by atoms with Crippen molar-refractivity contribution in [1.82, 2.24) is 15.5 Å². The monoisotopic (exact) mass is 229 g/mol. The first-order valence-electron chi connectivity index (χ1n) is 5.51. The fourth-order valence-corrected chi connectivity index (χ4v) is 1.78. The number of urea groups is 1. The van der Waals surface area contributed by atoms with E-state index < -0.39 is 18.0 Å². The van der Waals surface area contributed by atoms with Gasteiger partial charge in [-0.25, -0.2) is 9.59 Å². The highest BCUT2D eigenvalue weighted by molar-refractivity contribution is 5.82. The minimum absolute atomic E-state index is 0.122. The minimum atomic E-state index is -0.999. The van der Waals surface area contributed by atoms with E-state index in [2.05, 4.69) is 15.5 Å². The molecular formula is C10H19N3O3. The van der Waals surface area contributed by atoms with Crippen molar-refractivity contribution in [3.05, 3.63) is 0 Å². The standard InChI is InChI=1S/C10H19N3O3/c1-3-8(9(14)15)12-10(16)11-7-4-5-13(2)6-7/h7-8H,3-6H2,1-2H3,(H,14,15)(H2,11,12,16)/t7?,8-/m1/s1. The van der Waals surface area contributed by atoms with E-state index in [0.29, 0.717) is 6.42 Å². The van der Waals surface area contributed by atoms with Crippen LogP contribution in [0.15, 0.2) is 0 Å². The molecule has 6 nitrogen and oxygen atoms in total. The second-order valence-corrected chi connectivity index (χ2v) is 4.16. The quantitative estimate of drug-likeness (QED) is 0.626. The van der Waals surface area contributed by atoms with Gasteiger partial charge in [0.1, 0.15) is 6.04 Å². The smallest absolute Gasteiger partial charge is 0.326 e. The van der Waals surface area contributed by atoms with Gasteiger partial charge in [-0.2, -0.15) is 0 Å². The molecule has 0 aromatic rings. The summed E-state index contributed by atoms with van der Waals surface area (Å²) in [6.45, 7) is 3.50. The van der Waals surface area contributed by atoms with Crippen LogP contribution in [0.2, 0.25) is 0 Å². The lowest BCUT2D eigenvalue weighted by Crippen LogP contribution is -2.49. The maximum atomic E-state index is 11.5. The Morgan fingerprint density at radius 1 is 1.56 bits per heavy atom. The van der Waals surface area contributed by atoms with Crippen molar-refractivity contribution in [2.24, 2.45) is 0 Å². The van der Waals surface area contributed by atoms with Crippen molar-refractivity contribution in [2.45, 2.75) is 31.8 Å². The van der Waals surface area contributed by atoms with Crippen LogP contribution in [0, 0.1) is 0 Å². The average Bonchev–Trinajstić information content (AvgIpc) is 2.60. The molecule has 2 atom stereocenters. The van der Waals surface area contributed by atoms with Crippen molar-refractivity contribution < 1.29 is 14.7 Å². The highest BCUT2D eigenvalue weighted by Gasteiger charge is 2.23. The topological polar surface area (TPSA) is 81.7 Å². The molecule has 1 fully saturated rings. The molecule has 0 aliphatic carbocycles. The lowest BCUT2D eigenvalue weighted by molar-refractivity contribution is -0.139. The highest BCUT2D eigenvalue weighted by Crippen LogP contribution is 2.05. The number of nitrogens with zero attached hydrogens (tertiary/aromatic N) is 1. The third kappa shape index (κ3) is 3.69. The lowest BCUT2D eigenvalue weighted by Gasteiger charge is -2.16. The van der Waals surface area contributed by atoms with E-state index in [9.17, 15) is 9.59 Å². The summed E-state index contributed by atoms with van der Waals surface area (Å²) >= 11 is 0. The zero-order valence-electron chi connectivity index (χ0n) is 9.69. The maximum Gasteiger partial charge on any atom is 0.326 e. The van der Waals surface area contributed by atoms with Gasteiger partial charge in [0.15, 0.2) is 0 Å². The fourth-order valence-electron chi connectivity index (χ4n) is 1.78.